The molecule has 0 aromatic rings. The first-order valence-corrected chi connectivity index (χ1v) is 8.76. The molecule has 1 heterocycles. The van der Waals surface area contributed by atoms with Crippen LogP contribution in [0.5, 0.6) is 0 Å². The number of sulfone groups is 1. The summed E-state index contributed by atoms with van der Waals surface area (Å²) in [4.78, 5) is 0. The highest BCUT2D eigenvalue weighted by Crippen LogP contribution is 2.38. The largest absolute Gasteiger partial charge is 0.329 e. The molecule has 0 amide bonds. The van der Waals surface area contributed by atoms with Gasteiger partial charge in [-0.3, -0.25) is 0 Å². The standard InChI is InChI=1S/C13H26N2O2S/c1-12(2)4-3-11(9-12)15-13(10-14)5-7-18(16,17)8-6-13/h11,15H,3-10,14H2,1-2H3. The van der Waals surface area contributed by atoms with Crippen molar-refractivity contribution in [3.63, 3.8) is 0 Å². The summed E-state index contributed by atoms with van der Waals surface area (Å²) in [5.74, 6) is 0.570. The Bertz CT molecular complexity index is 389. The Morgan fingerprint density at radius 3 is 2.28 bits per heavy atom. The van der Waals surface area contributed by atoms with E-state index in [4.69, 9.17) is 5.73 Å². The molecule has 0 aromatic carbocycles. The smallest absolute Gasteiger partial charge is 0.150 e. The average molecular weight is 274 g/mol. The fourth-order valence-electron chi connectivity index (χ4n) is 3.33. The molecule has 3 N–H and O–H groups in total. The molecule has 1 atom stereocenters. The molecule has 5 heteroatoms. The Hall–Kier alpha value is -0.130. The van der Waals surface area contributed by atoms with E-state index in [2.05, 4.69) is 19.2 Å². The normalized spacial score (nSPS) is 33.4. The lowest BCUT2D eigenvalue weighted by Crippen LogP contribution is -2.58. The van der Waals surface area contributed by atoms with Crippen LogP contribution in [0, 0.1) is 5.41 Å². The van der Waals surface area contributed by atoms with Gasteiger partial charge in [0, 0.05) is 18.1 Å². The van der Waals surface area contributed by atoms with E-state index in [0.717, 1.165) is 0 Å². The molecule has 0 spiro atoms. The van der Waals surface area contributed by atoms with Crippen molar-refractivity contribution in [2.45, 2.75) is 57.5 Å². The average Bonchev–Trinajstić information content (AvgIpc) is 2.62. The predicted octanol–water partition coefficient (Wildman–Crippen LogP) is 1.06. The van der Waals surface area contributed by atoms with E-state index in [1.807, 2.05) is 0 Å². The molecule has 4 nitrogen and oxygen atoms in total. The van der Waals surface area contributed by atoms with E-state index in [9.17, 15) is 8.42 Å². The Kier molecular flexibility index (Phi) is 3.78. The SMILES string of the molecule is CC1(C)CCC(NC2(CN)CCS(=O)(=O)CC2)C1. The fourth-order valence-corrected chi connectivity index (χ4v) is 4.94. The molecular weight excluding hydrogens is 248 g/mol. The summed E-state index contributed by atoms with van der Waals surface area (Å²) in [6, 6.07) is 0.504. The van der Waals surface area contributed by atoms with E-state index >= 15 is 0 Å². The van der Waals surface area contributed by atoms with E-state index < -0.39 is 9.84 Å². The third kappa shape index (κ3) is 3.25. The lowest BCUT2D eigenvalue weighted by atomic mass is 9.89. The number of hydrogen-bond donors (Lipinski definition) is 2. The van der Waals surface area contributed by atoms with E-state index in [1.54, 1.807) is 0 Å². The summed E-state index contributed by atoms with van der Waals surface area (Å²) >= 11 is 0. The first-order chi connectivity index (χ1) is 8.26. The van der Waals surface area contributed by atoms with Crippen molar-refractivity contribution in [2.24, 2.45) is 11.1 Å². The third-order valence-electron chi connectivity index (χ3n) is 4.65. The first kappa shape index (κ1) is 14.3. The van der Waals surface area contributed by atoms with Gasteiger partial charge in [-0.2, -0.15) is 0 Å². The van der Waals surface area contributed by atoms with Gasteiger partial charge in [0.25, 0.3) is 0 Å². The van der Waals surface area contributed by atoms with Gasteiger partial charge >= 0.3 is 0 Å². The van der Waals surface area contributed by atoms with Crippen molar-refractivity contribution in [1.82, 2.24) is 5.32 Å². The molecule has 1 aliphatic carbocycles. The Balaban J connectivity index is 1.98. The van der Waals surface area contributed by atoms with Crippen molar-refractivity contribution in [3.8, 4) is 0 Å². The monoisotopic (exact) mass is 274 g/mol. The molecule has 1 saturated carbocycles. The predicted molar refractivity (Wildman–Crippen MR) is 74.2 cm³/mol. The Morgan fingerprint density at radius 2 is 1.83 bits per heavy atom. The highest BCUT2D eigenvalue weighted by atomic mass is 32.2. The van der Waals surface area contributed by atoms with E-state index in [0.29, 0.717) is 30.8 Å². The van der Waals surface area contributed by atoms with Gasteiger partial charge in [-0.1, -0.05) is 13.8 Å². The second-order valence-electron chi connectivity index (χ2n) is 6.88. The van der Waals surface area contributed by atoms with Crippen LogP contribution in [0.15, 0.2) is 0 Å². The van der Waals surface area contributed by atoms with Crippen LogP contribution < -0.4 is 11.1 Å². The highest BCUT2D eigenvalue weighted by molar-refractivity contribution is 7.91. The molecule has 1 unspecified atom stereocenters. The molecule has 106 valence electrons. The number of nitrogens with two attached hydrogens (primary N) is 1. The summed E-state index contributed by atoms with van der Waals surface area (Å²) in [6.45, 7) is 5.14. The van der Waals surface area contributed by atoms with Crippen LogP contribution in [0.25, 0.3) is 0 Å². The maximum Gasteiger partial charge on any atom is 0.150 e. The minimum Gasteiger partial charge on any atom is -0.329 e. The van der Waals surface area contributed by atoms with Crippen LogP contribution >= 0.6 is 0 Å². The van der Waals surface area contributed by atoms with Crippen LogP contribution in [0.2, 0.25) is 0 Å². The zero-order chi connectivity index (χ0) is 13.4. The van der Waals surface area contributed by atoms with Gasteiger partial charge in [-0.25, -0.2) is 8.42 Å². The lowest BCUT2D eigenvalue weighted by molar-refractivity contribution is 0.255. The molecule has 0 bridgehead atoms. The number of nitrogens with one attached hydrogen (secondary N) is 1. The fraction of sp³-hybridized carbons (Fsp3) is 1.00. The first-order valence-electron chi connectivity index (χ1n) is 6.94. The molecule has 0 radical (unpaired) electrons. The molecule has 0 aromatic heterocycles. The van der Waals surface area contributed by atoms with Crippen molar-refractivity contribution in [3.05, 3.63) is 0 Å². The van der Waals surface area contributed by atoms with Gasteiger partial charge in [-0.05, 0) is 37.5 Å². The Labute approximate surface area is 111 Å². The Morgan fingerprint density at radius 1 is 1.22 bits per heavy atom. The summed E-state index contributed by atoms with van der Waals surface area (Å²) in [6.07, 6.45) is 4.93. The van der Waals surface area contributed by atoms with Crippen molar-refractivity contribution in [1.29, 1.82) is 0 Å². The molecule has 18 heavy (non-hydrogen) atoms. The van der Waals surface area contributed by atoms with Crippen molar-refractivity contribution >= 4 is 9.84 Å². The summed E-state index contributed by atoms with van der Waals surface area (Å²) in [5.41, 5.74) is 6.18. The number of hydrogen-bond acceptors (Lipinski definition) is 4. The quantitative estimate of drug-likeness (QED) is 0.807. The van der Waals surface area contributed by atoms with E-state index in [1.165, 1.54) is 19.3 Å². The van der Waals surface area contributed by atoms with Crippen molar-refractivity contribution < 1.29 is 8.42 Å². The van der Waals surface area contributed by atoms with Crippen LogP contribution in [-0.2, 0) is 9.84 Å². The van der Waals surface area contributed by atoms with Gasteiger partial charge in [-0.15, -0.1) is 0 Å². The molecule has 2 fully saturated rings. The maximum absolute atomic E-state index is 11.5. The maximum atomic E-state index is 11.5. The second kappa shape index (κ2) is 4.76. The molecule has 2 aliphatic rings. The highest BCUT2D eigenvalue weighted by Gasteiger charge is 2.40. The summed E-state index contributed by atoms with van der Waals surface area (Å²) < 4.78 is 23.1. The van der Waals surface area contributed by atoms with Crippen LogP contribution in [0.4, 0.5) is 0 Å². The zero-order valence-corrected chi connectivity index (χ0v) is 12.4. The van der Waals surface area contributed by atoms with Gasteiger partial charge in [0.1, 0.15) is 9.84 Å². The zero-order valence-electron chi connectivity index (χ0n) is 11.5. The molecular formula is C13H26N2O2S. The molecule has 2 rings (SSSR count). The topological polar surface area (TPSA) is 72.2 Å². The molecule has 1 saturated heterocycles. The van der Waals surface area contributed by atoms with Gasteiger partial charge < -0.3 is 11.1 Å². The minimum absolute atomic E-state index is 0.142. The third-order valence-corrected chi connectivity index (χ3v) is 6.31. The molecule has 1 aliphatic heterocycles. The second-order valence-corrected chi connectivity index (χ2v) is 9.19. The van der Waals surface area contributed by atoms with Crippen LogP contribution in [0.3, 0.4) is 0 Å². The van der Waals surface area contributed by atoms with Gasteiger partial charge in [0.15, 0.2) is 0 Å². The van der Waals surface area contributed by atoms with Crippen LogP contribution in [0.1, 0.15) is 46.0 Å². The minimum atomic E-state index is -2.82. The lowest BCUT2D eigenvalue weighted by Gasteiger charge is -2.39. The van der Waals surface area contributed by atoms with Gasteiger partial charge in [0.05, 0.1) is 11.5 Å². The van der Waals surface area contributed by atoms with Crippen LogP contribution in [-0.4, -0.2) is 38.0 Å². The van der Waals surface area contributed by atoms with Crippen molar-refractivity contribution in [2.75, 3.05) is 18.1 Å². The summed E-state index contributed by atoms with van der Waals surface area (Å²) in [7, 11) is -2.82. The van der Waals surface area contributed by atoms with Gasteiger partial charge in [0.2, 0.25) is 0 Å². The van der Waals surface area contributed by atoms with E-state index in [-0.39, 0.29) is 17.0 Å². The summed E-state index contributed by atoms with van der Waals surface area (Å²) in [5, 5.41) is 3.68. The number of rotatable bonds is 3.